The molecule has 7 nitrogen and oxygen atoms in total. The van der Waals surface area contributed by atoms with Crippen molar-refractivity contribution >= 4 is 39.1 Å². The molecule has 10 heteroatoms. The number of carbonyl (C=O) groups is 2. The van der Waals surface area contributed by atoms with Gasteiger partial charge in [-0.3, -0.25) is 13.9 Å². The van der Waals surface area contributed by atoms with Crippen molar-refractivity contribution in [2.75, 3.05) is 17.4 Å². The minimum atomic E-state index is -4.14. The topological polar surface area (TPSA) is 86.8 Å². The van der Waals surface area contributed by atoms with Gasteiger partial charge in [0.15, 0.2) is 0 Å². The van der Waals surface area contributed by atoms with Crippen molar-refractivity contribution in [3.05, 3.63) is 95.3 Å². The molecule has 0 spiro atoms. The van der Waals surface area contributed by atoms with Gasteiger partial charge in [-0.15, -0.1) is 0 Å². The highest BCUT2D eigenvalue weighted by molar-refractivity contribution is 7.92. The van der Waals surface area contributed by atoms with E-state index < -0.39 is 34.3 Å². The third-order valence-electron chi connectivity index (χ3n) is 5.71. The summed E-state index contributed by atoms with van der Waals surface area (Å²) >= 11 is 6.01. The Balaban J connectivity index is 1.99. The van der Waals surface area contributed by atoms with E-state index in [1.807, 2.05) is 6.92 Å². The maximum Gasteiger partial charge on any atom is 0.264 e. The Morgan fingerprint density at radius 1 is 0.973 bits per heavy atom. The SMILES string of the molecule is CCCNC(=O)[C@H](C)N(Cc1ccc(F)cc1)C(=O)CN(c1ccc(Cl)cc1)S(=O)(=O)c1ccccc1. The van der Waals surface area contributed by atoms with Crippen molar-refractivity contribution in [3.8, 4) is 0 Å². The molecule has 2 amide bonds. The molecule has 1 N–H and O–H groups in total. The first kappa shape index (κ1) is 28.1. The summed E-state index contributed by atoms with van der Waals surface area (Å²) < 4.78 is 41.7. The van der Waals surface area contributed by atoms with E-state index >= 15 is 0 Å². The van der Waals surface area contributed by atoms with Crippen LogP contribution in [-0.4, -0.2) is 44.3 Å². The van der Waals surface area contributed by atoms with Crippen LogP contribution >= 0.6 is 11.6 Å². The number of halogens is 2. The van der Waals surface area contributed by atoms with E-state index in [0.29, 0.717) is 23.6 Å². The normalized spacial score (nSPS) is 12.0. The Labute approximate surface area is 221 Å². The maximum absolute atomic E-state index is 13.7. The van der Waals surface area contributed by atoms with E-state index in [4.69, 9.17) is 11.6 Å². The van der Waals surface area contributed by atoms with Crippen LogP contribution in [0.5, 0.6) is 0 Å². The Bertz CT molecular complexity index is 1300. The summed E-state index contributed by atoms with van der Waals surface area (Å²) in [6, 6.07) is 18.5. The molecule has 0 aliphatic rings. The van der Waals surface area contributed by atoms with Gasteiger partial charge in [-0.2, -0.15) is 0 Å². The first-order valence-corrected chi connectivity index (χ1v) is 13.6. The number of nitrogens with zero attached hydrogens (tertiary/aromatic N) is 2. The van der Waals surface area contributed by atoms with E-state index in [-0.39, 0.29) is 23.0 Å². The number of benzene rings is 3. The number of hydrogen-bond acceptors (Lipinski definition) is 4. The summed E-state index contributed by atoms with van der Waals surface area (Å²) in [6.45, 7) is 3.34. The largest absolute Gasteiger partial charge is 0.354 e. The third kappa shape index (κ3) is 7.30. The average molecular weight is 546 g/mol. The lowest BCUT2D eigenvalue weighted by atomic mass is 10.1. The molecule has 0 bridgehead atoms. The van der Waals surface area contributed by atoms with Crippen molar-refractivity contribution in [3.63, 3.8) is 0 Å². The van der Waals surface area contributed by atoms with Gasteiger partial charge in [0.25, 0.3) is 10.0 Å². The lowest BCUT2D eigenvalue weighted by Crippen LogP contribution is -2.51. The Morgan fingerprint density at radius 2 is 1.59 bits per heavy atom. The molecule has 3 aromatic carbocycles. The van der Waals surface area contributed by atoms with E-state index in [2.05, 4.69) is 5.32 Å². The first-order chi connectivity index (χ1) is 17.6. The van der Waals surface area contributed by atoms with Gasteiger partial charge in [0.2, 0.25) is 11.8 Å². The molecule has 37 heavy (non-hydrogen) atoms. The molecular weight excluding hydrogens is 517 g/mol. The zero-order valence-corrected chi connectivity index (χ0v) is 22.2. The quantitative estimate of drug-likeness (QED) is 0.381. The lowest BCUT2D eigenvalue weighted by molar-refractivity contribution is -0.139. The molecule has 196 valence electrons. The molecule has 0 aromatic heterocycles. The molecule has 3 aromatic rings. The van der Waals surface area contributed by atoms with Crippen LogP contribution in [0.3, 0.4) is 0 Å². The predicted molar refractivity (Wildman–Crippen MR) is 142 cm³/mol. The van der Waals surface area contributed by atoms with Gasteiger partial charge < -0.3 is 10.2 Å². The summed E-state index contributed by atoms with van der Waals surface area (Å²) in [5, 5.41) is 3.18. The molecule has 0 unspecified atom stereocenters. The van der Waals surface area contributed by atoms with E-state index in [9.17, 15) is 22.4 Å². The second-order valence-electron chi connectivity index (χ2n) is 8.42. The highest BCUT2D eigenvalue weighted by Crippen LogP contribution is 2.26. The van der Waals surface area contributed by atoms with Crippen LogP contribution < -0.4 is 9.62 Å². The highest BCUT2D eigenvalue weighted by atomic mass is 35.5. The van der Waals surface area contributed by atoms with Crippen LogP contribution in [0.4, 0.5) is 10.1 Å². The zero-order chi connectivity index (χ0) is 27.0. The number of anilines is 1. The molecule has 0 saturated carbocycles. The number of hydrogen-bond donors (Lipinski definition) is 1. The Hall–Kier alpha value is -3.43. The van der Waals surface area contributed by atoms with Crippen LogP contribution in [-0.2, 0) is 26.2 Å². The fourth-order valence-electron chi connectivity index (χ4n) is 3.62. The summed E-state index contributed by atoms with van der Waals surface area (Å²) in [5.41, 5.74) is 0.834. The first-order valence-electron chi connectivity index (χ1n) is 11.8. The molecule has 0 radical (unpaired) electrons. The van der Waals surface area contributed by atoms with E-state index in [0.717, 1.165) is 4.31 Å². The van der Waals surface area contributed by atoms with Crippen LogP contribution in [0.25, 0.3) is 0 Å². The van der Waals surface area contributed by atoms with Crippen LogP contribution in [0.1, 0.15) is 25.8 Å². The van der Waals surface area contributed by atoms with Gasteiger partial charge in [-0.05, 0) is 67.4 Å². The molecule has 0 fully saturated rings. The lowest BCUT2D eigenvalue weighted by Gasteiger charge is -2.32. The summed E-state index contributed by atoms with van der Waals surface area (Å²) in [7, 11) is -4.14. The smallest absolute Gasteiger partial charge is 0.264 e. The summed E-state index contributed by atoms with van der Waals surface area (Å²) in [5.74, 6) is -1.41. The van der Waals surface area contributed by atoms with Gasteiger partial charge in [0, 0.05) is 18.1 Å². The molecule has 1 atom stereocenters. The monoisotopic (exact) mass is 545 g/mol. The van der Waals surface area contributed by atoms with Gasteiger partial charge >= 0.3 is 0 Å². The van der Waals surface area contributed by atoms with Gasteiger partial charge in [-0.1, -0.05) is 48.9 Å². The molecular formula is C27H29ClFN3O4S. The molecule has 0 heterocycles. The molecule has 0 aliphatic carbocycles. The van der Waals surface area contributed by atoms with Gasteiger partial charge in [0.1, 0.15) is 18.4 Å². The number of amides is 2. The average Bonchev–Trinajstić information content (AvgIpc) is 2.90. The fraction of sp³-hybridized carbons (Fsp3) is 0.259. The Morgan fingerprint density at radius 3 is 2.19 bits per heavy atom. The van der Waals surface area contributed by atoms with E-state index in [1.165, 1.54) is 65.6 Å². The van der Waals surface area contributed by atoms with Crippen LogP contribution in [0.2, 0.25) is 5.02 Å². The fourth-order valence-corrected chi connectivity index (χ4v) is 5.18. The molecule has 0 aliphatic heterocycles. The summed E-state index contributed by atoms with van der Waals surface area (Å²) in [4.78, 5) is 27.8. The number of rotatable bonds is 11. The number of sulfonamides is 1. The number of nitrogens with one attached hydrogen (secondary N) is 1. The molecule has 0 saturated heterocycles. The third-order valence-corrected chi connectivity index (χ3v) is 7.75. The van der Waals surface area contributed by atoms with E-state index in [1.54, 1.807) is 25.1 Å². The van der Waals surface area contributed by atoms with Crippen LogP contribution in [0.15, 0.2) is 83.8 Å². The van der Waals surface area contributed by atoms with Crippen molar-refractivity contribution in [2.45, 2.75) is 37.8 Å². The number of carbonyl (C=O) groups excluding carboxylic acids is 2. The van der Waals surface area contributed by atoms with Crippen LogP contribution in [0, 0.1) is 5.82 Å². The van der Waals surface area contributed by atoms with Crippen molar-refractivity contribution < 1.29 is 22.4 Å². The maximum atomic E-state index is 13.7. The van der Waals surface area contributed by atoms with Gasteiger partial charge in [0.05, 0.1) is 10.6 Å². The summed E-state index contributed by atoms with van der Waals surface area (Å²) in [6.07, 6.45) is 0.712. The van der Waals surface area contributed by atoms with Crippen molar-refractivity contribution in [1.82, 2.24) is 10.2 Å². The van der Waals surface area contributed by atoms with Gasteiger partial charge in [-0.25, -0.2) is 12.8 Å². The van der Waals surface area contributed by atoms with Crippen molar-refractivity contribution in [2.24, 2.45) is 0 Å². The van der Waals surface area contributed by atoms with Crippen molar-refractivity contribution in [1.29, 1.82) is 0 Å². The Kier molecular flexibility index (Phi) is 9.66. The minimum absolute atomic E-state index is 0.0107. The zero-order valence-electron chi connectivity index (χ0n) is 20.6. The standard InChI is InChI=1S/C27H29ClFN3O4S/c1-3-17-30-27(34)20(2)31(18-21-9-13-23(29)14-10-21)26(33)19-32(24-15-11-22(28)12-16-24)37(35,36)25-7-5-4-6-8-25/h4-16,20H,3,17-19H2,1-2H3,(H,30,34)/t20-/m0/s1. The molecule has 3 rings (SSSR count). The second kappa shape index (κ2) is 12.7. The second-order valence-corrected chi connectivity index (χ2v) is 10.7. The predicted octanol–water partition coefficient (Wildman–Crippen LogP) is 4.62. The highest BCUT2D eigenvalue weighted by Gasteiger charge is 2.32. The minimum Gasteiger partial charge on any atom is -0.354 e.